The number of aliphatic imine (C=N–C) groups is 1. The van der Waals surface area contributed by atoms with Gasteiger partial charge in [0.1, 0.15) is 12.4 Å². The summed E-state index contributed by atoms with van der Waals surface area (Å²) < 4.78 is 31.2. The van der Waals surface area contributed by atoms with E-state index >= 15 is 0 Å². The summed E-state index contributed by atoms with van der Waals surface area (Å²) in [6.07, 6.45) is 6.79. The topological polar surface area (TPSA) is 144 Å². The van der Waals surface area contributed by atoms with E-state index in [2.05, 4.69) is 37.3 Å². The molecule has 0 aromatic carbocycles. The molecule has 0 bridgehead atoms. The first kappa shape index (κ1) is 26.9. The largest absolute Gasteiger partial charge is 0.457 e. The van der Waals surface area contributed by atoms with Crippen LogP contribution in [0.2, 0.25) is 0 Å². The zero-order valence-electron chi connectivity index (χ0n) is 21.0. The zero-order valence-corrected chi connectivity index (χ0v) is 21.0. The van der Waals surface area contributed by atoms with E-state index in [1.165, 1.54) is 30.9 Å². The molecule has 4 rings (SSSR count). The Kier molecular flexibility index (Phi) is 9.14. The number of allylic oxidation sites excluding steroid dienone is 1. The van der Waals surface area contributed by atoms with Crippen molar-refractivity contribution in [2.75, 3.05) is 31.2 Å². The van der Waals surface area contributed by atoms with Crippen LogP contribution in [0.5, 0.6) is 6.01 Å². The summed E-state index contributed by atoms with van der Waals surface area (Å²) in [7, 11) is 0. The highest BCUT2D eigenvalue weighted by Gasteiger charge is 2.33. The van der Waals surface area contributed by atoms with Gasteiger partial charge in [-0.25, -0.2) is 14.4 Å². The van der Waals surface area contributed by atoms with Crippen molar-refractivity contribution in [3.05, 3.63) is 54.0 Å². The maximum atomic E-state index is 14.8. The monoisotopic (exact) mass is 527 g/mol. The molecule has 2 saturated heterocycles. The van der Waals surface area contributed by atoms with Crippen LogP contribution < -0.4 is 20.3 Å². The Morgan fingerprint density at radius 3 is 2.74 bits per heavy atom. The number of ether oxygens (including phenoxy) is 2. The van der Waals surface area contributed by atoms with E-state index < -0.39 is 18.2 Å². The average Bonchev–Trinajstić information content (AvgIpc) is 3.43. The molecule has 2 aliphatic rings. The number of halogens is 1. The van der Waals surface area contributed by atoms with E-state index in [0.29, 0.717) is 26.2 Å². The summed E-state index contributed by atoms with van der Waals surface area (Å²) in [5, 5.41) is 5.63. The summed E-state index contributed by atoms with van der Waals surface area (Å²) in [6.45, 7) is 6.51. The first-order chi connectivity index (χ1) is 18.4. The molecular formula is C25H30FN7O5. The minimum absolute atomic E-state index is 0.00292. The number of carbonyl (C=O) groups excluding carboxylic acids is 2. The molecule has 2 aromatic rings. The molecule has 0 spiro atoms. The van der Waals surface area contributed by atoms with Crippen molar-refractivity contribution < 1.29 is 27.9 Å². The number of amides is 2. The summed E-state index contributed by atoms with van der Waals surface area (Å²) in [6, 6.07) is 1.87. The van der Waals surface area contributed by atoms with Crippen molar-refractivity contribution in [3.63, 3.8) is 0 Å². The van der Waals surface area contributed by atoms with E-state index in [-0.39, 0.29) is 47.5 Å². The SMILES string of the molecule is C=N/C=C\C(NC(=O)c1coc(N2CC[C@@H](Oc3ncccn3)[C@@H](F)C2)n1)=C(/C)C(=O)NC1CCOCC1. The van der Waals surface area contributed by atoms with E-state index in [4.69, 9.17) is 13.9 Å². The molecule has 13 heteroatoms. The molecule has 0 unspecified atom stereocenters. The number of hydrogen-bond donors (Lipinski definition) is 2. The molecule has 202 valence electrons. The molecule has 2 amide bonds. The average molecular weight is 528 g/mol. The number of oxazole rings is 1. The van der Waals surface area contributed by atoms with Crippen LogP contribution in [0.25, 0.3) is 0 Å². The lowest BCUT2D eigenvalue weighted by Gasteiger charge is -2.33. The lowest BCUT2D eigenvalue weighted by atomic mass is 10.1. The van der Waals surface area contributed by atoms with E-state index in [0.717, 1.165) is 12.8 Å². The third-order valence-corrected chi connectivity index (χ3v) is 6.17. The predicted octanol–water partition coefficient (Wildman–Crippen LogP) is 1.97. The number of carbonyl (C=O) groups is 2. The van der Waals surface area contributed by atoms with Crippen molar-refractivity contribution in [2.45, 2.75) is 44.5 Å². The first-order valence-electron chi connectivity index (χ1n) is 12.3. The van der Waals surface area contributed by atoms with Crippen LogP contribution in [0.1, 0.15) is 36.7 Å². The molecule has 4 heterocycles. The van der Waals surface area contributed by atoms with Gasteiger partial charge in [-0.2, -0.15) is 4.98 Å². The predicted molar refractivity (Wildman–Crippen MR) is 136 cm³/mol. The molecule has 2 aromatic heterocycles. The van der Waals surface area contributed by atoms with Gasteiger partial charge in [-0.1, -0.05) is 0 Å². The van der Waals surface area contributed by atoms with Gasteiger partial charge in [0.05, 0.1) is 12.2 Å². The number of nitrogens with zero attached hydrogens (tertiary/aromatic N) is 5. The fraction of sp³-hybridized carbons (Fsp3) is 0.440. The second-order valence-corrected chi connectivity index (χ2v) is 8.80. The van der Waals surface area contributed by atoms with Crippen LogP contribution in [-0.2, 0) is 9.53 Å². The number of piperidine rings is 1. The first-order valence-corrected chi connectivity index (χ1v) is 12.3. The third kappa shape index (κ3) is 7.00. The number of aromatic nitrogens is 3. The molecule has 2 aliphatic heterocycles. The molecule has 0 saturated carbocycles. The molecule has 0 aliphatic carbocycles. The van der Waals surface area contributed by atoms with Gasteiger partial charge in [-0.05, 0) is 38.6 Å². The van der Waals surface area contributed by atoms with Crippen molar-refractivity contribution >= 4 is 24.5 Å². The Labute approximate surface area is 219 Å². The van der Waals surface area contributed by atoms with Gasteiger partial charge in [0.15, 0.2) is 11.9 Å². The van der Waals surface area contributed by atoms with E-state index in [1.807, 2.05) is 0 Å². The van der Waals surface area contributed by atoms with Crippen LogP contribution in [0, 0.1) is 0 Å². The normalized spacial score (nSPS) is 21.1. The van der Waals surface area contributed by atoms with Crippen molar-refractivity contribution in [1.29, 1.82) is 0 Å². The maximum Gasteiger partial charge on any atom is 0.316 e. The molecule has 0 radical (unpaired) electrons. The highest BCUT2D eigenvalue weighted by molar-refractivity contribution is 5.98. The Morgan fingerprint density at radius 1 is 1.26 bits per heavy atom. The third-order valence-electron chi connectivity index (χ3n) is 6.17. The van der Waals surface area contributed by atoms with Crippen molar-refractivity contribution in [2.24, 2.45) is 4.99 Å². The van der Waals surface area contributed by atoms with E-state index in [9.17, 15) is 14.0 Å². The number of hydrogen-bond acceptors (Lipinski definition) is 10. The smallest absolute Gasteiger partial charge is 0.316 e. The number of anilines is 1. The number of nitrogens with one attached hydrogen (secondary N) is 2. The van der Waals surface area contributed by atoms with Gasteiger partial charge in [0.2, 0.25) is 5.91 Å². The lowest BCUT2D eigenvalue weighted by molar-refractivity contribution is -0.118. The molecule has 12 nitrogen and oxygen atoms in total. The summed E-state index contributed by atoms with van der Waals surface area (Å²) in [5.41, 5.74) is 0.501. The summed E-state index contributed by atoms with van der Waals surface area (Å²) in [4.78, 5) is 43.1. The fourth-order valence-corrected chi connectivity index (χ4v) is 4.02. The maximum absolute atomic E-state index is 14.8. The van der Waals surface area contributed by atoms with Gasteiger partial charge in [0, 0.05) is 56.4 Å². The Bertz CT molecular complexity index is 1180. The second-order valence-electron chi connectivity index (χ2n) is 8.80. The van der Waals surface area contributed by atoms with Crippen molar-refractivity contribution in [3.8, 4) is 6.01 Å². The molecule has 38 heavy (non-hydrogen) atoms. The Balaban J connectivity index is 1.38. The Morgan fingerprint density at radius 2 is 2.03 bits per heavy atom. The fourth-order valence-electron chi connectivity index (χ4n) is 4.02. The van der Waals surface area contributed by atoms with Crippen LogP contribution in [0.15, 0.2) is 57.7 Å². The highest BCUT2D eigenvalue weighted by atomic mass is 19.1. The van der Waals surface area contributed by atoms with Gasteiger partial charge in [-0.3, -0.25) is 14.6 Å². The highest BCUT2D eigenvalue weighted by Crippen LogP contribution is 2.24. The van der Waals surface area contributed by atoms with Gasteiger partial charge < -0.3 is 29.4 Å². The minimum atomic E-state index is -1.35. The molecular weight excluding hydrogens is 497 g/mol. The number of alkyl halides is 1. The summed E-state index contributed by atoms with van der Waals surface area (Å²) >= 11 is 0. The van der Waals surface area contributed by atoms with Crippen LogP contribution in [0.3, 0.4) is 0 Å². The lowest BCUT2D eigenvalue weighted by Crippen LogP contribution is -2.47. The van der Waals surface area contributed by atoms with Crippen LogP contribution in [0.4, 0.5) is 10.4 Å². The molecule has 2 fully saturated rings. The summed E-state index contributed by atoms with van der Waals surface area (Å²) in [5.74, 6) is -0.917. The van der Waals surface area contributed by atoms with Gasteiger partial charge in [-0.15, -0.1) is 0 Å². The number of rotatable bonds is 9. The standard InChI is InChI=1S/C25H30FN7O5/c1-16(22(34)30-17-6-12-36-13-7-17)19(4-10-27-2)31-23(35)20-15-37-25(32-20)33-11-5-21(18(26)14-33)38-24-28-8-3-9-29-24/h3-4,8-10,15,17-18,21H,2,5-7,11-14H2,1H3,(H,30,34)(H,31,35)/b10-4-,19-16-/t18-,21+/m0/s1. The molecule has 2 atom stereocenters. The van der Waals surface area contributed by atoms with Crippen LogP contribution in [-0.4, -0.2) is 78.1 Å². The second kappa shape index (κ2) is 12.9. The van der Waals surface area contributed by atoms with Gasteiger partial charge >= 0.3 is 6.01 Å². The van der Waals surface area contributed by atoms with Crippen LogP contribution >= 0.6 is 0 Å². The Hall–Kier alpha value is -4.13. The molecule has 2 N–H and O–H groups in total. The van der Waals surface area contributed by atoms with Gasteiger partial charge in [0.25, 0.3) is 11.9 Å². The quantitative estimate of drug-likeness (QED) is 0.284. The van der Waals surface area contributed by atoms with Crippen molar-refractivity contribution in [1.82, 2.24) is 25.6 Å². The minimum Gasteiger partial charge on any atom is -0.457 e. The zero-order chi connectivity index (χ0) is 26.9. The van der Waals surface area contributed by atoms with E-state index in [1.54, 1.807) is 17.9 Å².